The Labute approximate surface area is 175 Å². The number of allylic oxidation sites excluding steroid dienone is 1. The summed E-state index contributed by atoms with van der Waals surface area (Å²) in [6, 6.07) is 5.00. The third-order valence-corrected chi connectivity index (χ3v) is 6.85. The molecular formula is C28H43. The highest BCUT2D eigenvalue weighted by Crippen LogP contribution is 2.28. The van der Waals surface area contributed by atoms with Crippen molar-refractivity contribution in [2.75, 3.05) is 0 Å². The highest BCUT2D eigenvalue weighted by molar-refractivity contribution is 5.66. The highest BCUT2D eigenvalue weighted by atomic mass is 14.2. The van der Waals surface area contributed by atoms with Gasteiger partial charge in [-0.25, -0.2) is 0 Å². The Kier molecular flexibility index (Phi) is 10.2. The van der Waals surface area contributed by atoms with E-state index in [1.54, 1.807) is 11.1 Å². The van der Waals surface area contributed by atoms with Crippen LogP contribution in [0.15, 0.2) is 18.2 Å². The molecule has 2 aliphatic rings. The Bertz CT molecular complexity index is 580. The molecule has 3 rings (SSSR count). The van der Waals surface area contributed by atoms with Crippen LogP contribution in [0.2, 0.25) is 0 Å². The Balaban J connectivity index is 1.50. The second-order valence-corrected chi connectivity index (χ2v) is 9.29. The Hall–Kier alpha value is -1.04. The maximum atomic E-state index is 2.50. The number of aryl methyl sites for hydroxylation is 2. The fourth-order valence-corrected chi connectivity index (χ4v) is 5.02. The van der Waals surface area contributed by atoms with Gasteiger partial charge in [-0.3, -0.25) is 0 Å². The molecule has 0 saturated carbocycles. The minimum atomic E-state index is 1.29. The number of hydrogen-bond donors (Lipinski definition) is 0. The zero-order valence-electron chi connectivity index (χ0n) is 18.3. The second kappa shape index (κ2) is 13.2. The molecule has 0 unspecified atom stereocenters. The van der Waals surface area contributed by atoms with Crippen LogP contribution in [0, 0.1) is 6.42 Å². The SMILES string of the molecule is [CH]1C=Cc2cc3c(cc21)CCCCCCCCCCCCCCCCCCC3. The molecular weight excluding hydrogens is 336 g/mol. The summed E-state index contributed by atoms with van der Waals surface area (Å²) in [6.07, 6.45) is 34.0. The van der Waals surface area contributed by atoms with E-state index in [0.29, 0.717) is 0 Å². The van der Waals surface area contributed by atoms with Crippen LogP contribution in [0.3, 0.4) is 0 Å². The molecule has 2 aliphatic carbocycles. The second-order valence-electron chi connectivity index (χ2n) is 9.29. The number of fused-ring (bicyclic) bond motifs is 2. The van der Waals surface area contributed by atoms with Gasteiger partial charge in [0.15, 0.2) is 0 Å². The van der Waals surface area contributed by atoms with E-state index in [0.717, 1.165) is 0 Å². The van der Waals surface area contributed by atoms with Gasteiger partial charge in [0.05, 0.1) is 0 Å². The summed E-state index contributed by atoms with van der Waals surface area (Å²) in [5, 5.41) is 0. The fraction of sp³-hybridized carbons (Fsp3) is 0.679. The van der Waals surface area contributed by atoms with Crippen molar-refractivity contribution in [3.05, 3.63) is 46.9 Å². The lowest BCUT2D eigenvalue weighted by Crippen LogP contribution is -1.98. The summed E-state index contributed by atoms with van der Waals surface area (Å²) >= 11 is 0. The lowest BCUT2D eigenvalue weighted by atomic mass is 9.92. The molecule has 0 bridgehead atoms. The molecule has 0 aromatic heterocycles. The standard InChI is InChI=1S/C28H43/c1-2-4-6-8-10-12-14-16-19-25-23-27-21-18-22-28(27)24-26(25)20-17-15-13-11-9-7-5-3-1/h18,21-24H,1-17,19-20H2. The molecule has 0 fully saturated rings. The van der Waals surface area contributed by atoms with Crippen LogP contribution in [0.5, 0.6) is 0 Å². The van der Waals surface area contributed by atoms with Gasteiger partial charge in [0.1, 0.15) is 0 Å². The van der Waals surface area contributed by atoms with Gasteiger partial charge in [-0.2, -0.15) is 0 Å². The first-order chi connectivity index (χ1) is 13.9. The monoisotopic (exact) mass is 379 g/mol. The molecule has 1 aromatic rings. The van der Waals surface area contributed by atoms with Crippen molar-refractivity contribution in [1.82, 2.24) is 0 Å². The molecule has 1 aromatic carbocycles. The van der Waals surface area contributed by atoms with Crippen LogP contribution < -0.4 is 0 Å². The molecule has 0 saturated heterocycles. The van der Waals surface area contributed by atoms with Crippen LogP contribution in [-0.2, 0) is 12.8 Å². The number of benzene rings is 1. The Morgan fingerprint density at radius 1 is 0.393 bits per heavy atom. The minimum absolute atomic E-state index is 1.29. The van der Waals surface area contributed by atoms with Crippen LogP contribution in [0.4, 0.5) is 0 Å². The van der Waals surface area contributed by atoms with Crippen LogP contribution in [0.25, 0.3) is 6.08 Å². The molecule has 1 radical (unpaired) electrons. The van der Waals surface area contributed by atoms with Crippen LogP contribution >= 0.6 is 0 Å². The predicted octanol–water partition coefficient (Wildman–Crippen LogP) is 9.00. The molecule has 0 N–H and O–H groups in total. The molecule has 0 heterocycles. The van der Waals surface area contributed by atoms with E-state index in [4.69, 9.17) is 0 Å². The zero-order valence-corrected chi connectivity index (χ0v) is 18.3. The van der Waals surface area contributed by atoms with Crippen molar-refractivity contribution in [2.45, 2.75) is 122 Å². The fourth-order valence-electron chi connectivity index (χ4n) is 5.02. The Morgan fingerprint density at radius 3 is 1.18 bits per heavy atom. The van der Waals surface area contributed by atoms with Gasteiger partial charge in [-0.05, 0) is 47.9 Å². The predicted molar refractivity (Wildman–Crippen MR) is 125 cm³/mol. The summed E-state index contributed by atoms with van der Waals surface area (Å²) in [6.45, 7) is 0. The first-order valence-corrected chi connectivity index (χ1v) is 12.6. The van der Waals surface area contributed by atoms with Gasteiger partial charge >= 0.3 is 0 Å². The van der Waals surface area contributed by atoms with Crippen molar-refractivity contribution in [1.29, 1.82) is 0 Å². The summed E-state index contributed by atoms with van der Waals surface area (Å²) in [4.78, 5) is 0. The van der Waals surface area contributed by atoms with Gasteiger partial charge in [0, 0.05) is 6.42 Å². The van der Waals surface area contributed by atoms with Gasteiger partial charge in [0.25, 0.3) is 0 Å². The van der Waals surface area contributed by atoms with Gasteiger partial charge in [0.2, 0.25) is 0 Å². The van der Waals surface area contributed by atoms with E-state index >= 15 is 0 Å². The highest BCUT2D eigenvalue weighted by Gasteiger charge is 2.11. The van der Waals surface area contributed by atoms with Crippen molar-refractivity contribution in [3.8, 4) is 0 Å². The molecule has 0 amide bonds. The maximum absolute atomic E-state index is 2.50. The van der Waals surface area contributed by atoms with Crippen molar-refractivity contribution < 1.29 is 0 Å². The van der Waals surface area contributed by atoms with E-state index in [9.17, 15) is 0 Å². The van der Waals surface area contributed by atoms with Crippen molar-refractivity contribution in [3.63, 3.8) is 0 Å². The van der Waals surface area contributed by atoms with E-state index in [1.807, 2.05) is 0 Å². The molecule has 0 nitrogen and oxygen atoms in total. The average Bonchev–Trinajstić information content (AvgIpc) is 3.16. The Morgan fingerprint density at radius 2 is 0.750 bits per heavy atom. The van der Waals surface area contributed by atoms with Gasteiger partial charge in [-0.15, -0.1) is 0 Å². The quantitative estimate of drug-likeness (QED) is 0.422. The van der Waals surface area contributed by atoms with E-state index in [-0.39, 0.29) is 0 Å². The lowest BCUT2D eigenvalue weighted by molar-refractivity contribution is 0.527. The first-order valence-electron chi connectivity index (χ1n) is 12.6. The number of rotatable bonds is 0. The smallest absolute Gasteiger partial charge is 0.0131 e. The molecule has 0 heteroatoms. The molecule has 0 spiro atoms. The summed E-state index contributed by atoms with van der Waals surface area (Å²) in [5.74, 6) is 0. The molecule has 0 atom stereocenters. The topological polar surface area (TPSA) is 0 Å². The summed E-state index contributed by atoms with van der Waals surface area (Å²) in [7, 11) is 0. The van der Waals surface area contributed by atoms with Gasteiger partial charge in [-0.1, -0.05) is 121 Å². The van der Waals surface area contributed by atoms with Crippen molar-refractivity contribution >= 4 is 6.08 Å². The van der Waals surface area contributed by atoms with Crippen LogP contribution in [0.1, 0.15) is 131 Å². The van der Waals surface area contributed by atoms with E-state index in [2.05, 4.69) is 30.7 Å². The third-order valence-electron chi connectivity index (χ3n) is 6.85. The maximum Gasteiger partial charge on any atom is 0.0131 e. The lowest BCUT2D eigenvalue weighted by Gasteiger charge is -2.13. The molecule has 0 aliphatic heterocycles. The molecule has 28 heavy (non-hydrogen) atoms. The number of hydrogen-bond acceptors (Lipinski definition) is 0. The minimum Gasteiger partial charge on any atom is -0.0755 e. The summed E-state index contributed by atoms with van der Waals surface area (Å²) < 4.78 is 0. The molecule has 155 valence electrons. The van der Waals surface area contributed by atoms with E-state index < -0.39 is 0 Å². The van der Waals surface area contributed by atoms with Crippen LogP contribution in [-0.4, -0.2) is 0 Å². The zero-order chi connectivity index (χ0) is 19.3. The first kappa shape index (κ1) is 21.7. The van der Waals surface area contributed by atoms with E-state index in [1.165, 1.54) is 133 Å². The van der Waals surface area contributed by atoms with Gasteiger partial charge < -0.3 is 0 Å². The van der Waals surface area contributed by atoms with Crippen molar-refractivity contribution in [2.24, 2.45) is 0 Å². The largest absolute Gasteiger partial charge is 0.0755 e. The third kappa shape index (κ3) is 7.76. The average molecular weight is 380 g/mol. The summed E-state index contributed by atoms with van der Waals surface area (Å²) in [5.41, 5.74) is 6.18. The normalized spacial score (nSPS) is 21.4.